The Bertz CT molecular complexity index is 453. The molecule has 0 radical (unpaired) electrons. The second kappa shape index (κ2) is 5.17. The molecule has 2 atom stereocenters. The fourth-order valence-corrected chi connectivity index (χ4v) is 2.43. The van der Waals surface area contributed by atoms with Crippen LogP contribution in [0.15, 0.2) is 23.1 Å². The minimum Gasteiger partial charge on any atom is -0.349 e. The van der Waals surface area contributed by atoms with Crippen molar-refractivity contribution in [2.24, 2.45) is 5.92 Å². The average Bonchev–Trinajstić information content (AvgIpc) is 2.29. The standard InChI is InChI=1S/C13H18N2O2/c1-9-4-2-5-10(8-9)15-13(17)11-6-3-7-14-12(11)16/h3,6-7,9-10H,2,4-5,8H2,1H3,(H,14,16)(H,15,17)/t9-,10-/m1/s1. The second-order valence-electron chi connectivity index (χ2n) is 4.86. The van der Waals surface area contributed by atoms with Crippen LogP contribution in [0.3, 0.4) is 0 Å². The molecule has 1 heterocycles. The van der Waals surface area contributed by atoms with E-state index in [1.807, 2.05) is 0 Å². The van der Waals surface area contributed by atoms with Crippen LogP contribution >= 0.6 is 0 Å². The number of rotatable bonds is 2. The van der Waals surface area contributed by atoms with Crippen LogP contribution in [0.5, 0.6) is 0 Å². The lowest BCUT2D eigenvalue weighted by atomic mass is 9.87. The van der Waals surface area contributed by atoms with Gasteiger partial charge < -0.3 is 10.3 Å². The van der Waals surface area contributed by atoms with Crippen molar-refractivity contribution in [1.29, 1.82) is 0 Å². The first-order valence-electron chi connectivity index (χ1n) is 6.15. The largest absolute Gasteiger partial charge is 0.349 e. The zero-order chi connectivity index (χ0) is 12.3. The summed E-state index contributed by atoms with van der Waals surface area (Å²) in [6, 6.07) is 3.44. The number of nitrogens with one attached hydrogen (secondary N) is 2. The van der Waals surface area contributed by atoms with Crippen molar-refractivity contribution in [1.82, 2.24) is 10.3 Å². The summed E-state index contributed by atoms with van der Waals surface area (Å²) in [4.78, 5) is 25.9. The van der Waals surface area contributed by atoms with Crippen molar-refractivity contribution >= 4 is 5.91 Å². The lowest BCUT2D eigenvalue weighted by Gasteiger charge is -2.27. The third-order valence-corrected chi connectivity index (χ3v) is 3.33. The zero-order valence-corrected chi connectivity index (χ0v) is 10.0. The Morgan fingerprint density at radius 3 is 3.00 bits per heavy atom. The van der Waals surface area contributed by atoms with Crippen LogP contribution < -0.4 is 10.9 Å². The normalized spacial score (nSPS) is 24.3. The van der Waals surface area contributed by atoms with E-state index in [1.54, 1.807) is 12.1 Å². The first-order chi connectivity index (χ1) is 8.16. The topological polar surface area (TPSA) is 62.0 Å². The molecule has 1 aromatic heterocycles. The van der Waals surface area contributed by atoms with Crippen molar-refractivity contribution in [3.05, 3.63) is 34.2 Å². The van der Waals surface area contributed by atoms with E-state index in [2.05, 4.69) is 17.2 Å². The minimum absolute atomic E-state index is 0.200. The van der Waals surface area contributed by atoms with Crippen LogP contribution in [0.2, 0.25) is 0 Å². The molecule has 1 aliphatic rings. The molecule has 0 aromatic carbocycles. The predicted octanol–water partition coefficient (Wildman–Crippen LogP) is 1.68. The van der Waals surface area contributed by atoms with Gasteiger partial charge in [0.05, 0.1) is 0 Å². The molecule has 17 heavy (non-hydrogen) atoms. The van der Waals surface area contributed by atoms with Crippen LogP contribution in [0.1, 0.15) is 43.0 Å². The van der Waals surface area contributed by atoms with Crippen LogP contribution in [-0.4, -0.2) is 16.9 Å². The lowest BCUT2D eigenvalue weighted by molar-refractivity contribution is 0.0920. The molecule has 0 bridgehead atoms. The Morgan fingerprint density at radius 2 is 2.29 bits per heavy atom. The number of hydrogen-bond acceptors (Lipinski definition) is 2. The summed E-state index contributed by atoms with van der Waals surface area (Å²) < 4.78 is 0. The maximum Gasteiger partial charge on any atom is 0.260 e. The monoisotopic (exact) mass is 234 g/mol. The van der Waals surface area contributed by atoms with Crippen LogP contribution in [0.25, 0.3) is 0 Å². The number of amides is 1. The van der Waals surface area contributed by atoms with Crippen molar-refractivity contribution < 1.29 is 4.79 Å². The molecule has 0 aliphatic heterocycles. The van der Waals surface area contributed by atoms with Crippen LogP contribution in [0, 0.1) is 5.92 Å². The van der Waals surface area contributed by atoms with Crippen molar-refractivity contribution in [3.8, 4) is 0 Å². The van der Waals surface area contributed by atoms with Gasteiger partial charge in [0.15, 0.2) is 0 Å². The smallest absolute Gasteiger partial charge is 0.260 e. The van der Waals surface area contributed by atoms with Gasteiger partial charge in [0.1, 0.15) is 5.56 Å². The quantitative estimate of drug-likeness (QED) is 0.818. The van der Waals surface area contributed by atoms with Gasteiger partial charge in [0.25, 0.3) is 11.5 Å². The second-order valence-corrected chi connectivity index (χ2v) is 4.86. The van der Waals surface area contributed by atoms with Crippen molar-refractivity contribution in [2.45, 2.75) is 38.6 Å². The van der Waals surface area contributed by atoms with E-state index in [9.17, 15) is 9.59 Å². The number of pyridine rings is 1. The SMILES string of the molecule is C[C@@H]1CCC[C@@H](NC(=O)c2ccc[nH]c2=O)C1. The zero-order valence-electron chi connectivity index (χ0n) is 10.0. The first-order valence-corrected chi connectivity index (χ1v) is 6.15. The third kappa shape index (κ3) is 2.96. The first kappa shape index (κ1) is 11.9. The van der Waals surface area contributed by atoms with Gasteiger partial charge in [-0.1, -0.05) is 19.8 Å². The summed E-state index contributed by atoms with van der Waals surface area (Å²) in [5.41, 5.74) is -0.125. The highest BCUT2D eigenvalue weighted by Crippen LogP contribution is 2.23. The number of carbonyl (C=O) groups excluding carboxylic acids is 1. The van der Waals surface area contributed by atoms with E-state index in [0.717, 1.165) is 19.3 Å². The van der Waals surface area contributed by atoms with E-state index in [0.29, 0.717) is 5.92 Å². The average molecular weight is 234 g/mol. The number of H-pyrrole nitrogens is 1. The highest BCUT2D eigenvalue weighted by atomic mass is 16.2. The van der Waals surface area contributed by atoms with Gasteiger partial charge in [-0.05, 0) is 30.9 Å². The Hall–Kier alpha value is -1.58. The lowest BCUT2D eigenvalue weighted by Crippen LogP contribution is -2.39. The Morgan fingerprint density at radius 1 is 1.47 bits per heavy atom. The summed E-state index contributed by atoms with van der Waals surface area (Å²) in [7, 11) is 0. The molecule has 2 N–H and O–H groups in total. The highest BCUT2D eigenvalue weighted by molar-refractivity contribution is 5.93. The molecule has 92 valence electrons. The van der Waals surface area contributed by atoms with Gasteiger partial charge >= 0.3 is 0 Å². The van der Waals surface area contributed by atoms with Crippen LogP contribution in [0.4, 0.5) is 0 Å². The number of hydrogen-bond donors (Lipinski definition) is 2. The minimum atomic E-state index is -0.325. The molecule has 1 saturated carbocycles. The fraction of sp³-hybridized carbons (Fsp3) is 0.538. The molecule has 0 saturated heterocycles. The fourth-order valence-electron chi connectivity index (χ4n) is 2.43. The van der Waals surface area contributed by atoms with Crippen molar-refractivity contribution in [2.75, 3.05) is 0 Å². The summed E-state index contributed by atoms with van der Waals surface area (Å²) in [6.45, 7) is 2.20. The molecule has 1 amide bonds. The molecular weight excluding hydrogens is 216 g/mol. The number of aromatic nitrogens is 1. The molecule has 1 aromatic rings. The Kier molecular flexibility index (Phi) is 3.61. The van der Waals surface area contributed by atoms with Gasteiger partial charge in [0, 0.05) is 12.2 Å². The summed E-state index contributed by atoms with van der Waals surface area (Å²) in [5.74, 6) is 0.397. The number of aromatic amines is 1. The third-order valence-electron chi connectivity index (χ3n) is 3.33. The highest BCUT2D eigenvalue weighted by Gasteiger charge is 2.21. The van der Waals surface area contributed by atoms with Gasteiger partial charge in [0.2, 0.25) is 0 Å². The van der Waals surface area contributed by atoms with Gasteiger partial charge in [-0.2, -0.15) is 0 Å². The maximum absolute atomic E-state index is 11.9. The Labute approximate surface area is 100 Å². The van der Waals surface area contributed by atoms with Crippen LogP contribution in [-0.2, 0) is 0 Å². The van der Waals surface area contributed by atoms with Gasteiger partial charge in [-0.25, -0.2) is 0 Å². The molecule has 2 rings (SSSR count). The maximum atomic E-state index is 11.9. The number of carbonyl (C=O) groups is 1. The molecular formula is C13H18N2O2. The molecule has 1 aliphatic carbocycles. The van der Waals surface area contributed by atoms with E-state index >= 15 is 0 Å². The van der Waals surface area contributed by atoms with Gasteiger partial charge in [-0.3, -0.25) is 9.59 Å². The molecule has 4 heteroatoms. The molecule has 0 unspecified atom stereocenters. The van der Waals surface area contributed by atoms with E-state index in [4.69, 9.17) is 0 Å². The Balaban J connectivity index is 2.02. The van der Waals surface area contributed by atoms with E-state index in [-0.39, 0.29) is 23.1 Å². The predicted molar refractivity (Wildman–Crippen MR) is 65.9 cm³/mol. The molecule has 1 fully saturated rings. The molecule has 4 nitrogen and oxygen atoms in total. The molecule has 0 spiro atoms. The van der Waals surface area contributed by atoms with Crippen molar-refractivity contribution in [3.63, 3.8) is 0 Å². The van der Waals surface area contributed by atoms with E-state index < -0.39 is 0 Å². The van der Waals surface area contributed by atoms with E-state index in [1.165, 1.54) is 12.6 Å². The summed E-state index contributed by atoms with van der Waals surface area (Å²) in [5, 5.41) is 2.95. The van der Waals surface area contributed by atoms with Gasteiger partial charge in [-0.15, -0.1) is 0 Å². The summed E-state index contributed by atoms with van der Waals surface area (Å²) in [6.07, 6.45) is 5.94. The summed E-state index contributed by atoms with van der Waals surface area (Å²) >= 11 is 0.